The number of phenolic OH excluding ortho intramolecular Hbond substituents is 1. The van der Waals surface area contributed by atoms with Crippen molar-refractivity contribution in [1.82, 2.24) is 29.5 Å². The lowest BCUT2D eigenvalue weighted by molar-refractivity contribution is 0.110. The number of carbonyl (C=O) groups excluding carboxylic acids is 2. The molecule has 8 aromatic rings. The first-order valence-corrected chi connectivity index (χ1v) is 23.3. The lowest BCUT2D eigenvalue weighted by Gasteiger charge is -2.20. The summed E-state index contributed by atoms with van der Waals surface area (Å²) in [5, 5.41) is 18.5. The summed E-state index contributed by atoms with van der Waals surface area (Å²) < 4.78 is 46.9. The SMILES string of the molecule is CC(C)n1nccc1-c1ncccc1COc1cccc(O)c1C=O.CC(C)n1nccc1-c1ncccc1COc1cccc(OP(=O)(OCc2ccccc2)OCc2ccccc2)c1C=O. The van der Waals surface area contributed by atoms with Gasteiger partial charge in [0.15, 0.2) is 12.6 Å². The molecule has 0 spiro atoms. The third kappa shape index (κ3) is 12.2. The van der Waals surface area contributed by atoms with E-state index in [1.165, 1.54) is 12.1 Å². The van der Waals surface area contributed by atoms with Crippen LogP contribution >= 0.6 is 7.82 Å². The Hall–Kier alpha value is -7.71. The number of aldehydes is 2. The molecule has 1 N–H and O–H groups in total. The second kappa shape index (κ2) is 23.1. The molecule has 348 valence electrons. The first kappa shape index (κ1) is 48.2. The Balaban J connectivity index is 0.000000232. The zero-order valence-corrected chi connectivity index (χ0v) is 38.9. The molecular weight excluding hydrogens is 884 g/mol. The van der Waals surface area contributed by atoms with Crippen LogP contribution < -0.4 is 14.0 Å². The molecule has 4 aromatic heterocycles. The maximum absolute atomic E-state index is 13.9. The zero-order valence-electron chi connectivity index (χ0n) is 38.0. The van der Waals surface area contributed by atoms with Crippen molar-refractivity contribution in [3.05, 3.63) is 192 Å². The average Bonchev–Trinajstić information content (AvgIpc) is 4.07. The smallest absolute Gasteiger partial charge is 0.507 e. The highest BCUT2D eigenvalue weighted by molar-refractivity contribution is 7.48. The van der Waals surface area contributed by atoms with Crippen LogP contribution in [0.3, 0.4) is 0 Å². The Morgan fingerprint density at radius 3 is 1.46 bits per heavy atom. The standard InChI is InChI=1S/C33H32N3O6P.C19H19N3O3/c1-25(2)36-30(18-20-35-36)33-28(15-10-19-34-33)24-39-31-16-9-17-32(29(31)21-37)42-43(38,40-22-26-11-5-3-6-12-26)41-23-27-13-7-4-8-14-27;1-13(2)22-16(8-10-21-22)19-14(5-4-9-20-19)12-25-18-7-3-6-17(24)15(18)11-23/h3-21,25H,22-24H2,1-2H3;3-11,13,24H,12H2,1-2H3. The number of phosphoric ester groups is 1. The summed E-state index contributed by atoms with van der Waals surface area (Å²) in [7, 11) is -4.20. The normalized spacial score (nSPS) is 11.2. The number of aromatic nitrogens is 6. The number of hydrogen-bond acceptors (Lipinski definition) is 13. The summed E-state index contributed by atoms with van der Waals surface area (Å²) in [5.41, 5.74) is 6.72. The van der Waals surface area contributed by atoms with E-state index in [0.717, 1.165) is 45.0 Å². The summed E-state index contributed by atoms with van der Waals surface area (Å²) >= 11 is 0. The van der Waals surface area contributed by atoms with Crippen LogP contribution in [-0.4, -0.2) is 47.2 Å². The molecule has 0 saturated heterocycles. The van der Waals surface area contributed by atoms with Gasteiger partial charge < -0.3 is 19.1 Å². The molecule has 0 aliphatic rings. The number of pyridine rings is 2. The number of nitrogens with zero attached hydrogens (tertiary/aromatic N) is 6. The van der Waals surface area contributed by atoms with E-state index in [-0.39, 0.29) is 66.9 Å². The lowest BCUT2D eigenvalue weighted by atomic mass is 10.1. The Morgan fingerprint density at radius 1 is 0.529 bits per heavy atom. The summed E-state index contributed by atoms with van der Waals surface area (Å²) in [4.78, 5) is 32.5. The van der Waals surface area contributed by atoms with E-state index in [1.807, 2.05) is 120 Å². The Labute approximate surface area is 394 Å². The summed E-state index contributed by atoms with van der Waals surface area (Å²) in [5.74, 6) is 0.498. The number of hydrogen-bond donors (Lipinski definition) is 1. The van der Waals surface area contributed by atoms with Crippen LogP contribution in [0.4, 0.5) is 0 Å². The van der Waals surface area contributed by atoms with Gasteiger partial charge in [-0.05, 0) is 87.4 Å². The van der Waals surface area contributed by atoms with Crippen molar-refractivity contribution in [2.45, 2.75) is 66.2 Å². The molecule has 4 heterocycles. The van der Waals surface area contributed by atoms with Crippen LogP contribution in [0.15, 0.2) is 158 Å². The van der Waals surface area contributed by atoms with Gasteiger partial charge in [0, 0.05) is 48.0 Å². The van der Waals surface area contributed by atoms with Gasteiger partial charge in [0.05, 0.1) is 47.1 Å². The van der Waals surface area contributed by atoms with Gasteiger partial charge >= 0.3 is 7.82 Å². The van der Waals surface area contributed by atoms with Gasteiger partial charge in [0.2, 0.25) is 0 Å². The topological polar surface area (TPSA) is 179 Å². The van der Waals surface area contributed by atoms with Crippen molar-refractivity contribution in [2.75, 3.05) is 0 Å². The fourth-order valence-corrected chi connectivity index (χ4v) is 8.19. The highest BCUT2D eigenvalue weighted by atomic mass is 31.2. The van der Waals surface area contributed by atoms with E-state index < -0.39 is 7.82 Å². The van der Waals surface area contributed by atoms with E-state index >= 15 is 0 Å². The number of carbonyl (C=O) groups is 2. The second-order valence-corrected chi connectivity index (χ2v) is 17.4. The van der Waals surface area contributed by atoms with Gasteiger partial charge in [-0.3, -0.25) is 38.0 Å². The fourth-order valence-electron chi connectivity index (χ4n) is 7.00. The van der Waals surface area contributed by atoms with E-state index in [2.05, 4.69) is 34.0 Å². The molecule has 0 radical (unpaired) electrons. The van der Waals surface area contributed by atoms with Crippen molar-refractivity contribution < 1.29 is 42.3 Å². The first-order chi connectivity index (χ1) is 33.1. The molecule has 0 aliphatic carbocycles. The van der Waals surface area contributed by atoms with Gasteiger partial charge in [0.25, 0.3) is 0 Å². The maximum Gasteiger partial charge on any atom is 0.530 e. The Kier molecular flexibility index (Phi) is 16.4. The molecule has 0 bridgehead atoms. The summed E-state index contributed by atoms with van der Waals surface area (Å²) in [6, 6.07) is 39.7. The van der Waals surface area contributed by atoms with Crippen LogP contribution in [0.1, 0.15) is 82.7 Å². The van der Waals surface area contributed by atoms with Gasteiger partial charge in [-0.1, -0.05) is 84.9 Å². The Morgan fingerprint density at radius 2 is 0.985 bits per heavy atom. The molecule has 0 unspecified atom stereocenters. The third-order valence-corrected chi connectivity index (χ3v) is 11.6. The molecule has 0 atom stereocenters. The van der Waals surface area contributed by atoms with Gasteiger partial charge in [-0.2, -0.15) is 10.2 Å². The van der Waals surface area contributed by atoms with E-state index in [9.17, 15) is 19.3 Å². The maximum atomic E-state index is 13.9. The number of phosphoric acid groups is 1. The summed E-state index contributed by atoms with van der Waals surface area (Å²) in [6.07, 6.45) is 8.10. The van der Waals surface area contributed by atoms with Crippen molar-refractivity contribution in [1.29, 1.82) is 0 Å². The van der Waals surface area contributed by atoms with Gasteiger partial charge in [0.1, 0.15) is 36.2 Å². The quantitative estimate of drug-likeness (QED) is 0.0564. The van der Waals surface area contributed by atoms with E-state index in [0.29, 0.717) is 18.3 Å². The minimum absolute atomic E-state index is 0.0150. The van der Waals surface area contributed by atoms with Gasteiger partial charge in [-0.15, -0.1) is 0 Å². The predicted molar refractivity (Wildman–Crippen MR) is 256 cm³/mol. The number of benzene rings is 4. The first-order valence-electron chi connectivity index (χ1n) is 21.8. The van der Waals surface area contributed by atoms with Crippen molar-refractivity contribution in [3.63, 3.8) is 0 Å². The van der Waals surface area contributed by atoms with Crippen LogP contribution in [0, 0.1) is 0 Å². The minimum Gasteiger partial charge on any atom is -0.507 e. The largest absolute Gasteiger partial charge is 0.530 e. The highest BCUT2D eigenvalue weighted by Gasteiger charge is 2.31. The van der Waals surface area contributed by atoms with Crippen molar-refractivity contribution in [2.24, 2.45) is 0 Å². The molecule has 68 heavy (non-hydrogen) atoms. The van der Waals surface area contributed by atoms with Crippen molar-refractivity contribution in [3.8, 4) is 45.8 Å². The van der Waals surface area contributed by atoms with Crippen LogP contribution in [-0.2, 0) is 40.0 Å². The molecule has 8 rings (SSSR count). The van der Waals surface area contributed by atoms with Crippen molar-refractivity contribution >= 4 is 20.4 Å². The lowest BCUT2D eigenvalue weighted by Crippen LogP contribution is -2.08. The number of rotatable bonds is 20. The molecule has 4 aromatic carbocycles. The van der Waals surface area contributed by atoms with Gasteiger partial charge in [-0.25, -0.2) is 4.57 Å². The van der Waals surface area contributed by atoms with Crippen LogP contribution in [0.2, 0.25) is 0 Å². The second-order valence-electron chi connectivity index (χ2n) is 15.8. The molecular formula is C52H51N6O9P. The molecule has 0 fully saturated rings. The third-order valence-electron chi connectivity index (χ3n) is 10.3. The summed E-state index contributed by atoms with van der Waals surface area (Å²) in [6.45, 7) is 8.50. The molecule has 16 heteroatoms. The average molecular weight is 935 g/mol. The Bertz CT molecular complexity index is 2910. The highest BCUT2D eigenvalue weighted by Crippen LogP contribution is 2.52. The molecule has 0 aliphatic heterocycles. The van der Waals surface area contributed by atoms with Crippen LogP contribution in [0.5, 0.6) is 23.0 Å². The van der Waals surface area contributed by atoms with Crippen LogP contribution in [0.25, 0.3) is 22.8 Å². The molecule has 0 saturated carbocycles. The fraction of sp³-hybridized carbons (Fsp3) is 0.192. The molecule has 0 amide bonds. The monoisotopic (exact) mass is 934 g/mol. The number of phenols is 1. The van der Waals surface area contributed by atoms with E-state index in [1.54, 1.807) is 49.1 Å². The predicted octanol–water partition coefficient (Wildman–Crippen LogP) is 11.5. The zero-order chi connectivity index (χ0) is 47.9. The minimum atomic E-state index is -4.20. The van der Waals surface area contributed by atoms with E-state index in [4.69, 9.17) is 23.0 Å². The number of aromatic hydroxyl groups is 1. The molecule has 15 nitrogen and oxygen atoms in total. The number of ether oxygens (including phenoxy) is 2.